The van der Waals surface area contributed by atoms with Crippen molar-refractivity contribution in [2.24, 2.45) is 10.9 Å². The van der Waals surface area contributed by atoms with E-state index in [4.69, 9.17) is 9.73 Å². The van der Waals surface area contributed by atoms with Gasteiger partial charge in [0.2, 0.25) is 0 Å². The number of aliphatic imine (C=N–C) groups is 1. The molecule has 0 aliphatic carbocycles. The molecule has 0 spiro atoms. The quantitative estimate of drug-likeness (QED) is 0.542. The highest BCUT2D eigenvalue weighted by Crippen LogP contribution is 2.23. The summed E-state index contributed by atoms with van der Waals surface area (Å²) < 4.78 is 5.71. The molecule has 3 rings (SSSR count). The Balaban J connectivity index is 1.54. The number of ether oxygens (including phenoxy) is 1. The number of anilines is 1. The third-order valence-corrected chi connectivity index (χ3v) is 4.99. The van der Waals surface area contributed by atoms with Gasteiger partial charge in [0.25, 0.3) is 0 Å². The molecule has 2 N–H and O–H groups in total. The zero-order valence-corrected chi connectivity index (χ0v) is 17.0. The number of nitrogens with one attached hydrogen (secondary N) is 2. The maximum Gasteiger partial charge on any atom is 0.191 e. The van der Waals surface area contributed by atoms with Gasteiger partial charge in [-0.3, -0.25) is 0 Å². The van der Waals surface area contributed by atoms with Crippen LogP contribution in [0.1, 0.15) is 25.8 Å². The maximum absolute atomic E-state index is 5.71. The molecule has 0 amide bonds. The zero-order chi connectivity index (χ0) is 19.6. The Morgan fingerprint density at radius 1 is 1.07 bits per heavy atom. The van der Waals surface area contributed by atoms with Crippen molar-refractivity contribution in [1.29, 1.82) is 0 Å². The number of guanidine groups is 1. The van der Waals surface area contributed by atoms with Crippen LogP contribution in [0.3, 0.4) is 0 Å². The molecule has 5 nitrogen and oxygen atoms in total. The van der Waals surface area contributed by atoms with Gasteiger partial charge in [-0.15, -0.1) is 0 Å². The van der Waals surface area contributed by atoms with Crippen molar-refractivity contribution in [2.45, 2.75) is 26.8 Å². The highest BCUT2D eigenvalue weighted by atomic mass is 16.5. The molecule has 5 heteroatoms. The van der Waals surface area contributed by atoms with Crippen molar-refractivity contribution in [3.63, 3.8) is 0 Å². The second kappa shape index (κ2) is 10.6. The molecule has 1 unspecified atom stereocenters. The summed E-state index contributed by atoms with van der Waals surface area (Å²) in [5.41, 5.74) is 2.43. The standard InChI is InChI=1S/C23H32N4O/c1-3-24-23(26-17-20-10-8-9-13-22(20)28-4-2)25-16-19-14-15-27(18-19)21-11-6-5-7-12-21/h5-13,19H,3-4,14-18H2,1-2H3,(H2,24,25,26). The molecule has 28 heavy (non-hydrogen) atoms. The van der Waals surface area contributed by atoms with Gasteiger partial charge in [-0.05, 0) is 44.4 Å². The highest BCUT2D eigenvalue weighted by Gasteiger charge is 2.22. The summed E-state index contributed by atoms with van der Waals surface area (Å²) in [6.07, 6.45) is 1.20. The molecule has 0 saturated carbocycles. The Kier molecular flexibility index (Phi) is 7.59. The van der Waals surface area contributed by atoms with Crippen LogP contribution in [0.25, 0.3) is 0 Å². The van der Waals surface area contributed by atoms with E-state index in [1.54, 1.807) is 0 Å². The van der Waals surface area contributed by atoms with Crippen LogP contribution in [-0.2, 0) is 6.54 Å². The third kappa shape index (κ3) is 5.65. The van der Waals surface area contributed by atoms with Crippen LogP contribution in [0, 0.1) is 5.92 Å². The van der Waals surface area contributed by atoms with Gasteiger partial charge in [0.15, 0.2) is 5.96 Å². The Hall–Kier alpha value is -2.69. The molecule has 1 aliphatic rings. The molecule has 1 saturated heterocycles. The number of hydrogen-bond donors (Lipinski definition) is 2. The summed E-state index contributed by atoms with van der Waals surface area (Å²) >= 11 is 0. The van der Waals surface area contributed by atoms with Crippen molar-refractivity contribution in [1.82, 2.24) is 10.6 Å². The summed E-state index contributed by atoms with van der Waals surface area (Å²) in [5, 5.41) is 6.88. The minimum atomic E-state index is 0.603. The molecular weight excluding hydrogens is 348 g/mol. The fraction of sp³-hybridized carbons (Fsp3) is 0.435. The topological polar surface area (TPSA) is 48.9 Å². The van der Waals surface area contributed by atoms with Crippen molar-refractivity contribution < 1.29 is 4.74 Å². The lowest BCUT2D eigenvalue weighted by Gasteiger charge is -2.19. The smallest absolute Gasteiger partial charge is 0.191 e. The van der Waals surface area contributed by atoms with E-state index in [1.165, 1.54) is 12.1 Å². The van der Waals surface area contributed by atoms with E-state index in [1.807, 2.05) is 25.1 Å². The van der Waals surface area contributed by atoms with Gasteiger partial charge in [0.1, 0.15) is 5.75 Å². The first-order valence-electron chi connectivity index (χ1n) is 10.3. The number of nitrogens with zero attached hydrogens (tertiary/aromatic N) is 2. The largest absolute Gasteiger partial charge is 0.494 e. The Morgan fingerprint density at radius 3 is 2.64 bits per heavy atom. The molecule has 2 aromatic rings. The highest BCUT2D eigenvalue weighted by molar-refractivity contribution is 5.79. The zero-order valence-electron chi connectivity index (χ0n) is 17.0. The van der Waals surface area contributed by atoms with Crippen LogP contribution in [0.4, 0.5) is 5.69 Å². The first-order chi connectivity index (χ1) is 13.8. The molecule has 0 radical (unpaired) electrons. The van der Waals surface area contributed by atoms with Crippen LogP contribution < -0.4 is 20.3 Å². The summed E-state index contributed by atoms with van der Waals surface area (Å²) in [4.78, 5) is 7.23. The second-order valence-corrected chi connectivity index (χ2v) is 7.05. The van der Waals surface area contributed by atoms with Crippen molar-refractivity contribution in [3.05, 3.63) is 60.2 Å². The first-order valence-corrected chi connectivity index (χ1v) is 10.3. The Bertz CT molecular complexity index is 747. The average Bonchev–Trinajstić information content (AvgIpc) is 3.21. The maximum atomic E-state index is 5.71. The predicted molar refractivity (Wildman–Crippen MR) is 117 cm³/mol. The van der Waals surface area contributed by atoms with Gasteiger partial charge in [-0.1, -0.05) is 36.4 Å². The first kappa shape index (κ1) is 20.1. The van der Waals surface area contributed by atoms with Crippen LogP contribution in [0.15, 0.2) is 59.6 Å². The van der Waals surface area contributed by atoms with E-state index >= 15 is 0 Å². The lowest BCUT2D eigenvalue weighted by atomic mass is 10.1. The second-order valence-electron chi connectivity index (χ2n) is 7.05. The van der Waals surface area contributed by atoms with E-state index in [-0.39, 0.29) is 0 Å². The molecule has 1 fully saturated rings. The summed E-state index contributed by atoms with van der Waals surface area (Å²) in [6, 6.07) is 18.8. The van der Waals surface area contributed by atoms with Crippen molar-refractivity contribution >= 4 is 11.6 Å². The minimum absolute atomic E-state index is 0.603. The average molecular weight is 381 g/mol. The van der Waals surface area contributed by atoms with Gasteiger partial charge in [0.05, 0.1) is 13.2 Å². The van der Waals surface area contributed by atoms with E-state index < -0.39 is 0 Å². The monoisotopic (exact) mass is 380 g/mol. The van der Waals surface area contributed by atoms with Crippen molar-refractivity contribution in [3.8, 4) is 5.75 Å². The van der Waals surface area contributed by atoms with E-state index in [0.29, 0.717) is 19.1 Å². The van der Waals surface area contributed by atoms with Gasteiger partial charge >= 0.3 is 0 Å². The number of benzene rings is 2. The predicted octanol–water partition coefficient (Wildman–Crippen LogP) is 3.67. The minimum Gasteiger partial charge on any atom is -0.494 e. The lowest BCUT2D eigenvalue weighted by Crippen LogP contribution is -2.40. The fourth-order valence-corrected chi connectivity index (χ4v) is 3.55. The number of rotatable bonds is 8. The summed E-state index contributed by atoms with van der Waals surface area (Å²) in [5.74, 6) is 2.41. The van der Waals surface area contributed by atoms with E-state index in [9.17, 15) is 0 Å². The van der Waals surface area contributed by atoms with Gasteiger partial charge in [-0.25, -0.2) is 4.99 Å². The van der Waals surface area contributed by atoms with Crippen LogP contribution in [0.5, 0.6) is 5.75 Å². The molecule has 1 heterocycles. The molecule has 0 aromatic heterocycles. The van der Waals surface area contributed by atoms with Crippen LogP contribution >= 0.6 is 0 Å². The van der Waals surface area contributed by atoms with E-state index in [0.717, 1.165) is 43.5 Å². The third-order valence-electron chi connectivity index (χ3n) is 4.99. The normalized spacial score (nSPS) is 16.9. The molecule has 2 aromatic carbocycles. The molecule has 1 atom stereocenters. The lowest BCUT2D eigenvalue weighted by molar-refractivity contribution is 0.336. The van der Waals surface area contributed by atoms with Crippen LogP contribution in [-0.4, -0.2) is 38.7 Å². The molecular formula is C23H32N4O. The SMILES string of the molecule is CCNC(=NCc1ccccc1OCC)NCC1CCN(c2ccccc2)C1. The molecule has 150 valence electrons. The van der Waals surface area contributed by atoms with Crippen LogP contribution in [0.2, 0.25) is 0 Å². The van der Waals surface area contributed by atoms with Gasteiger partial charge < -0.3 is 20.3 Å². The van der Waals surface area contributed by atoms with Crippen molar-refractivity contribution in [2.75, 3.05) is 37.7 Å². The molecule has 1 aliphatic heterocycles. The molecule has 0 bridgehead atoms. The van der Waals surface area contributed by atoms with Gasteiger partial charge in [-0.2, -0.15) is 0 Å². The fourth-order valence-electron chi connectivity index (χ4n) is 3.55. The van der Waals surface area contributed by atoms with Gasteiger partial charge in [0, 0.05) is 37.4 Å². The van der Waals surface area contributed by atoms with E-state index in [2.05, 4.69) is 58.9 Å². The summed E-state index contributed by atoms with van der Waals surface area (Å²) in [6.45, 7) is 9.35. The Labute approximate surface area is 168 Å². The number of para-hydroxylation sites is 2. The Morgan fingerprint density at radius 2 is 1.86 bits per heavy atom. The summed E-state index contributed by atoms with van der Waals surface area (Å²) in [7, 11) is 0. The number of hydrogen-bond acceptors (Lipinski definition) is 3.